The third-order valence-corrected chi connectivity index (χ3v) is 7.64. The molecule has 2 aromatic carbocycles. The Kier molecular flexibility index (Phi) is 8.64. The third kappa shape index (κ3) is 6.58. The second-order valence-corrected chi connectivity index (χ2v) is 11.3. The molecule has 1 atom stereocenters. The van der Waals surface area contributed by atoms with E-state index in [0.29, 0.717) is 25.6 Å². The molecule has 0 saturated heterocycles. The molecule has 196 valence electrons. The lowest BCUT2D eigenvalue weighted by molar-refractivity contribution is -0.135. The summed E-state index contributed by atoms with van der Waals surface area (Å²) in [6.07, 6.45) is 0.778. The molecule has 4 rings (SSSR count). The Balaban J connectivity index is 1.52. The molecule has 1 aliphatic rings. The minimum atomic E-state index is -0.471. The molecule has 7 heteroatoms. The van der Waals surface area contributed by atoms with E-state index < -0.39 is 5.82 Å². The van der Waals surface area contributed by atoms with Crippen molar-refractivity contribution in [1.29, 1.82) is 0 Å². The maximum Gasteiger partial charge on any atom is 0.254 e. The van der Waals surface area contributed by atoms with Gasteiger partial charge < -0.3 is 14.5 Å². The van der Waals surface area contributed by atoms with Crippen LogP contribution in [0, 0.1) is 11.7 Å². The highest BCUT2D eigenvalue weighted by Gasteiger charge is 2.34. The lowest BCUT2D eigenvalue weighted by Gasteiger charge is -2.37. The number of hydrogen-bond donors (Lipinski definition) is 0. The third-order valence-electron chi connectivity index (χ3n) is 6.64. The van der Waals surface area contributed by atoms with Crippen LogP contribution in [-0.2, 0) is 11.2 Å². The average Bonchev–Trinajstić information content (AvgIpc) is 3.35. The van der Waals surface area contributed by atoms with Crippen LogP contribution in [0.4, 0.5) is 4.39 Å². The minimum absolute atomic E-state index is 0.0629. The van der Waals surface area contributed by atoms with E-state index in [1.165, 1.54) is 33.5 Å². The van der Waals surface area contributed by atoms with Crippen molar-refractivity contribution in [2.24, 2.45) is 5.92 Å². The average molecular weight is 523 g/mol. The van der Waals surface area contributed by atoms with Gasteiger partial charge in [0.2, 0.25) is 5.91 Å². The summed E-state index contributed by atoms with van der Waals surface area (Å²) in [6, 6.07) is 15.5. The molecule has 3 aromatic rings. The Hall–Kier alpha value is -3.19. The van der Waals surface area contributed by atoms with Gasteiger partial charge in [-0.3, -0.25) is 9.59 Å². The van der Waals surface area contributed by atoms with Crippen LogP contribution < -0.4 is 4.74 Å². The number of ether oxygens (including phenoxy) is 1. The molecule has 0 spiro atoms. The Bertz CT molecular complexity index is 1220. The molecule has 0 aliphatic carbocycles. The van der Waals surface area contributed by atoms with Gasteiger partial charge in [-0.1, -0.05) is 45.9 Å². The van der Waals surface area contributed by atoms with E-state index >= 15 is 0 Å². The first kappa shape index (κ1) is 26.9. The number of halogens is 1. The topological polar surface area (TPSA) is 49.9 Å². The van der Waals surface area contributed by atoms with Gasteiger partial charge >= 0.3 is 0 Å². The molecule has 0 N–H and O–H groups in total. The number of nitrogens with zero attached hydrogens (tertiary/aromatic N) is 2. The zero-order valence-corrected chi connectivity index (χ0v) is 22.8. The summed E-state index contributed by atoms with van der Waals surface area (Å²) < 4.78 is 20.0. The maximum absolute atomic E-state index is 13.8. The van der Waals surface area contributed by atoms with E-state index in [0.717, 1.165) is 17.7 Å². The van der Waals surface area contributed by atoms with Crippen LogP contribution in [0.5, 0.6) is 5.75 Å². The monoisotopic (exact) mass is 522 g/mol. The number of carbonyl (C=O) groups is 2. The molecule has 1 aliphatic heterocycles. The first-order valence-electron chi connectivity index (χ1n) is 12.9. The van der Waals surface area contributed by atoms with Gasteiger partial charge in [0.25, 0.3) is 5.91 Å². The van der Waals surface area contributed by atoms with Gasteiger partial charge in [0, 0.05) is 23.5 Å². The predicted molar refractivity (Wildman–Crippen MR) is 146 cm³/mol. The number of benzene rings is 2. The maximum atomic E-state index is 13.8. The van der Waals surface area contributed by atoms with E-state index in [4.69, 9.17) is 4.74 Å². The lowest BCUT2D eigenvalue weighted by atomic mass is 10.00. The van der Waals surface area contributed by atoms with E-state index in [-0.39, 0.29) is 35.9 Å². The number of rotatable bonds is 9. The molecular weight excluding hydrogens is 487 g/mol. The smallest absolute Gasteiger partial charge is 0.254 e. The fourth-order valence-electron chi connectivity index (χ4n) is 4.72. The largest absolute Gasteiger partial charge is 0.491 e. The molecule has 2 heterocycles. The van der Waals surface area contributed by atoms with Crippen molar-refractivity contribution in [3.63, 3.8) is 0 Å². The highest BCUT2D eigenvalue weighted by atomic mass is 32.1. The van der Waals surface area contributed by atoms with Crippen LogP contribution in [0.2, 0.25) is 0 Å². The second kappa shape index (κ2) is 11.9. The lowest BCUT2D eigenvalue weighted by Crippen LogP contribution is -2.48. The molecule has 1 aromatic heterocycles. The predicted octanol–water partition coefficient (Wildman–Crippen LogP) is 6.31. The van der Waals surface area contributed by atoms with Crippen molar-refractivity contribution in [1.82, 2.24) is 9.80 Å². The Morgan fingerprint density at radius 1 is 1.11 bits per heavy atom. The van der Waals surface area contributed by atoms with Gasteiger partial charge in [-0.05, 0) is 71.2 Å². The molecular formula is C30H35FN2O3S. The summed E-state index contributed by atoms with van der Waals surface area (Å²) in [4.78, 5) is 31.6. The molecule has 2 amide bonds. The molecule has 0 bridgehead atoms. The van der Waals surface area contributed by atoms with Crippen LogP contribution in [-0.4, -0.2) is 47.9 Å². The zero-order chi connectivity index (χ0) is 26.5. The van der Waals surface area contributed by atoms with E-state index in [1.54, 1.807) is 17.4 Å². The fourth-order valence-corrected chi connectivity index (χ4v) is 5.65. The number of hydrogen-bond acceptors (Lipinski definition) is 4. The molecule has 5 nitrogen and oxygen atoms in total. The van der Waals surface area contributed by atoms with Crippen molar-refractivity contribution in [2.45, 2.75) is 46.1 Å². The molecule has 0 radical (unpaired) electrons. The highest BCUT2D eigenvalue weighted by Crippen LogP contribution is 2.34. The highest BCUT2D eigenvalue weighted by molar-refractivity contribution is 7.10. The van der Waals surface area contributed by atoms with E-state index in [1.807, 2.05) is 30.9 Å². The van der Waals surface area contributed by atoms with Gasteiger partial charge in [-0.15, -0.1) is 11.3 Å². The molecule has 37 heavy (non-hydrogen) atoms. The number of thiophene rings is 1. The number of amides is 2. The van der Waals surface area contributed by atoms with Crippen LogP contribution in [0.15, 0.2) is 60.0 Å². The first-order chi connectivity index (χ1) is 17.7. The quantitative estimate of drug-likeness (QED) is 0.331. The Morgan fingerprint density at radius 2 is 1.86 bits per heavy atom. The summed E-state index contributed by atoms with van der Waals surface area (Å²) in [5, 5.41) is 2.06. The van der Waals surface area contributed by atoms with Crippen molar-refractivity contribution in [3.05, 3.63) is 87.4 Å². The normalized spacial score (nSPS) is 15.1. The number of carbonyl (C=O) groups excluding carboxylic acids is 2. The van der Waals surface area contributed by atoms with Gasteiger partial charge in [-0.2, -0.15) is 0 Å². The van der Waals surface area contributed by atoms with Crippen LogP contribution in [0.25, 0.3) is 0 Å². The Morgan fingerprint density at radius 3 is 2.54 bits per heavy atom. The van der Waals surface area contributed by atoms with Crippen LogP contribution >= 0.6 is 11.3 Å². The fraction of sp³-hybridized carbons (Fsp3) is 0.400. The minimum Gasteiger partial charge on any atom is -0.491 e. The summed E-state index contributed by atoms with van der Waals surface area (Å²) in [6.45, 7) is 9.54. The SMILES string of the molecule is CC(C)CN(CC(=O)N1CCc2sccc2C1COc1ccc(C(C)C)cc1)C(=O)c1cccc(F)c1. The zero-order valence-electron chi connectivity index (χ0n) is 21.9. The summed E-state index contributed by atoms with van der Waals surface area (Å²) in [5.41, 5.74) is 2.60. The van der Waals surface area contributed by atoms with E-state index in [9.17, 15) is 14.0 Å². The molecule has 1 unspecified atom stereocenters. The van der Waals surface area contributed by atoms with Gasteiger partial charge in [0.15, 0.2) is 0 Å². The Labute approximate surface area is 222 Å². The summed E-state index contributed by atoms with van der Waals surface area (Å²) in [7, 11) is 0. The van der Waals surface area contributed by atoms with Crippen molar-refractivity contribution < 1.29 is 18.7 Å². The second-order valence-electron chi connectivity index (χ2n) is 10.3. The van der Waals surface area contributed by atoms with Gasteiger partial charge in [0.05, 0.1) is 6.04 Å². The van der Waals surface area contributed by atoms with Crippen LogP contribution in [0.3, 0.4) is 0 Å². The summed E-state index contributed by atoms with van der Waals surface area (Å²) in [5.74, 6) is 0.419. The first-order valence-corrected chi connectivity index (χ1v) is 13.7. The van der Waals surface area contributed by atoms with Crippen molar-refractivity contribution in [2.75, 3.05) is 26.2 Å². The van der Waals surface area contributed by atoms with E-state index in [2.05, 4.69) is 37.4 Å². The van der Waals surface area contributed by atoms with Gasteiger partial charge in [0.1, 0.15) is 24.7 Å². The number of fused-ring (bicyclic) bond motifs is 1. The molecule has 0 fully saturated rings. The van der Waals surface area contributed by atoms with Gasteiger partial charge in [-0.25, -0.2) is 4.39 Å². The standard InChI is InChI=1S/C30H35FN2O3S/c1-20(2)17-32(30(35)23-6-5-7-24(31)16-23)18-29(34)33-14-12-28-26(13-15-37-28)27(33)19-36-25-10-8-22(9-11-25)21(3)4/h5-11,13,15-16,20-21,27H,12,14,17-19H2,1-4H3. The van der Waals surface area contributed by atoms with Crippen LogP contribution in [0.1, 0.15) is 66.0 Å². The summed E-state index contributed by atoms with van der Waals surface area (Å²) >= 11 is 1.70. The van der Waals surface area contributed by atoms with Crippen molar-refractivity contribution >= 4 is 23.2 Å². The molecule has 0 saturated carbocycles. The van der Waals surface area contributed by atoms with Crippen molar-refractivity contribution in [3.8, 4) is 5.75 Å².